The number of aliphatic carboxylic acids is 1. The van der Waals surface area contributed by atoms with Crippen molar-refractivity contribution < 1.29 is 22.7 Å². The van der Waals surface area contributed by atoms with Crippen LogP contribution in [0.1, 0.15) is 6.92 Å². The summed E-state index contributed by atoms with van der Waals surface area (Å²) in [5.74, 6) is -1.89. The normalized spacial score (nSPS) is 13.4. The maximum Gasteiger partial charge on any atom is 0.321 e. The molecule has 0 fully saturated rings. The predicted molar refractivity (Wildman–Crippen MR) is 61.5 cm³/mol. The first-order valence-electron chi connectivity index (χ1n) is 4.44. The second-order valence-electron chi connectivity index (χ2n) is 3.26. The number of nitrogens with one attached hydrogen (secondary N) is 1. The molecule has 0 radical (unpaired) electrons. The molecule has 0 heterocycles. The third-order valence-corrected chi connectivity index (χ3v) is 4.40. The van der Waals surface area contributed by atoms with Gasteiger partial charge in [0.2, 0.25) is 10.0 Å². The minimum absolute atomic E-state index is 0.0302. The Balaban J connectivity index is 3.10. The topological polar surface area (TPSA) is 83.5 Å². The standard InChI is InChI=1S/C9H9BrFNO4S/c1-5(9(13)14)12-17(15,16)8-3-2-6(11)4-7(8)10/h2-5,12H,1H3,(H,13,14)/t5-/m1/s1. The SMILES string of the molecule is C[C@@H](NS(=O)(=O)c1ccc(F)cc1Br)C(=O)O. The van der Waals surface area contributed by atoms with Crippen molar-refractivity contribution in [3.05, 3.63) is 28.5 Å². The zero-order valence-electron chi connectivity index (χ0n) is 8.65. The van der Waals surface area contributed by atoms with Crippen molar-refractivity contribution in [1.82, 2.24) is 4.72 Å². The van der Waals surface area contributed by atoms with Gasteiger partial charge in [0.25, 0.3) is 0 Å². The minimum atomic E-state index is -4.00. The molecule has 0 aliphatic rings. The first-order chi connectivity index (χ1) is 7.74. The maximum absolute atomic E-state index is 12.8. The smallest absolute Gasteiger partial charge is 0.321 e. The van der Waals surface area contributed by atoms with Gasteiger partial charge in [-0.3, -0.25) is 4.79 Å². The molecule has 0 saturated heterocycles. The summed E-state index contributed by atoms with van der Waals surface area (Å²) in [7, 11) is -4.00. The van der Waals surface area contributed by atoms with Crippen LogP contribution in [0.25, 0.3) is 0 Å². The van der Waals surface area contributed by atoms with Crippen LogP contribution >= 0.6 is 15.9 Å². The Morgan fingerprint density at radius 2 is 2.12 bits per heavy atom. The van der Waals surface area contributed by atoms with Crippen molar-refractivity contribution >= 4 is 31.9 Å². The first-order valence-corrected chi connectivity index (χ1v) is 6.72. The molecule has 0 spiro atoms. The van der Waals surface area contributed by atoms with Crippen molar-refractivity contribution in [3.8, 4) is 0 Å². The average molecular weight is 326 g/mol. The van der Waals surface area contributed by atoms with Crippen LogP contribution in [-0.4, -0.2) is 25.5 Å². The van der Waals surface area contributed by atoms with Crippen LogP contribution in [0.4, 0.5) is 4.39 Å². The summed E-state index contributed by atoms with van der Waals surface area (Å²) in [5.41, 5.74) is 0. The van der Waals surface area contributed by atoms with Gasteiger partial charge < -0.3 is 5.11 Å². The lowest BCUT2D eigenvalue weighted by Crippen LogP contribution is -2.38. The van der Waals surface area contributed by atoms with E-state index in [1.807, 2.05) is 4.72 Å². The molecule has 0 aromatic heterocycles. The fourth-order valence-electron chi connectivity index (χ4n) is 1.04. The lowest BCUT2D eigenvalue weighted by atomic mass is 10.3. The lowest BCUT2D eigenvalue weighted by molar-refractivity contribution is -0.138. The van der Waals surface area contributed by atoms with Crippen molar-refractivity contribution in [1.29, 1.82) is 0 Å². The number of benzene rings is 1. The summed E-state index contributed by atoms with van der Waals surface area (Å²) in [6.07, 6.45) is 0. The van der Waals surface area contributed by atoms with Gasteiger partial charge in [0.15, 0.2) is 0 Å². The number of hydrogen-bond donors (Lipinski definition) is 2. The van der Waals surface area contributed by atoms with Gasteiger partial charge in [-0.15, -0.1) is 0 Å². The highest BCUT2D eigenvalue weighted by molar-refractivity contribution is 9.10. The van der Waals surface area contributed by atoms with Gasteiger partial charge in [-0.1, -0.05) is 0 Å². The van der Waals surface area contributed by atoms with Gasteiger partial charge in [-0.05, 0) is 41.1 Å². The van der Waals surface area contributed by atoms with Crippen LogP contribution in [0, 0.1) is 5.82 Å². The Hall–Kier alpha value is -0.990. The van der Waals surface area contributed by atoms with Crippen molar-refractivity contribution in [3.63, 3.8) is 0 Å². The highest BCUT2D eigenvalue weighted by Gasteiger charge is 2.23. The van der Waals surface area contributed by atoms with Gasteiger partial charge in [0.05, 0.1) is 4.90 Å². The molecule has 8 heteroatoms. The number of halogens is 2. The van der Waals surface area contributed by atoms with E-state index in [0.717, 1.165) is 18.2 Å². The average Bonchev–Trinajstić information content (AvgIpc) is 2.15. The molecule has 0 amide bonds. The highest BCUT2D eigenvalue weighted by Crippen LogP contribution is 2.22. The van der Waals surface area contributed by atoms with Crippen LogP contribution in [0.15, 0.2) is 27.6 Å². The van der Waals surface area contributed by atoms with Crippen LogP contribution in [-0.2, 0) is 14.8 Å². The molecule has 2 N–H and O–H groups in total. The Labute approximate surface area is 106 Å². The lowest BCUT2D eigenvalue weighted by Gasteiger charge is -2.11. The molecule has 0 unspecified atom stereocenters. The van der Waals surface area contributed by atoms with Crippen molar-refractivity contribution in [2.45, 2.75) is 17.9 Å². The molecular formula is C9H9BrFNO4S. The van der Waals surface area contributed by atoms with E-state index < -0.39 is 27.9 Å². The third-order valence-electron chi connectivity index (χ3n) is 1.89. The Morgan fingerprint density at radius 1 is 1.53 bits per heavy atom. The van der Waals surface area contributed by atoms with Crippen molar-refractivity contribution in [2.24, 2.45) is 0 Å². The van der Waals surface area contributed by atoms with Crippen LogP contribution in [0.3, 0.4) is 0 Å². The van der Waals surface area contributed by atoms with E-state index in [1.54, 1.807) is 0 Å². The van der Waals surface area contributed by atoms with E-state index >= 15 is 0 Å². The molecule has 1 aromatic rings. The molecular weight excluding hydrogens is 317 g/mol. The van der Waals surface area contributed by atoms with E-state index in [4.69, 9.17) is 5.11 Å². The summed E-state index contributed by atoms with van der Waals surface area (Å²) in [5, 5.41) is 8.61. The molecule has 1 atom stereocenters. The highest BCUT2D eigenvalue weighted by atomic mass is 79.9. The van der Waals surface area contributed by atoms with Gasteiger partial charge in [-0.25, -0.2) is 12.8 Å². The van der Waals surface area contributed by atoms with Crippen LogP contribution in [0.2, 0.25) is 0 Å². The van der Waals surface area contributed by atoms with Gasteiger partial charge in [-0.2, -0.15) is 4.72 Å². The molecule has 1 rings (SSSR count). The van der Waals surface area contributed by atoms with E-state index in [0.29, 0.717) is 0 Å². The molecule has 0 aliphatic heterocycles. The van der Waals surface area contributed by atoms with E-state index in [-0.39, 0.29) is 9.37 Å². The van der Waals surface area contributed by atoms with E-state index in [9.17, 15) is 17.6 Å². The molecule has 0 bridgehead atoms. The predicted octanol–water partition coefficient (Wildman–Crippen LogP) is 1.34. The maximum atomic E-state index is 12.8. The summed E-state index contributed by atoms with van der Waals surface area (Å²) >= 11 is 2.90. The quantitative estimate of drug-likeness (QED) is 0.875. The second-order valence-corrected chi connectivity index (χ2v) is 5.79. The Bertz CT molecular complexity index is 546. The molecule has 1 aromatic carbocycles. The summed E-state index contributed by atoms with van der Waals surface area (Å²) in [4.78, 5) is 10.3. The molecule has 0 aliphatic carbocycles. The third kappa shape index (κ3) is 3.48. The molecule has 5 nitrogen and oxygen atoms in total. The number of sulfonamides is 1. The number of rotatable bonds is 4. The molecule has 17 heavy (non-hydrogen) atoms. The number of carboxylic acid groups (broad SMARTS) is 1. The Kier molecular flexibility index (Phi) is 4.23. The second kappa shape index (κ2) is 5.11. The monoisotopic (exact) mass is 325 g/mol. The largest absolute Gasteiger partial charge is 0.480 e. The van der Waals surface area contributed by atoms with Gasteiger partial charge in [0.1, 0.15) is 11.9 Å². The zero-order valence-corrected chi connectivity index (χ0v) is 11.0. The summed E-state index contributed by atoms with van der Waals surface area (Å²) in [6.45, 7) is 1.19. The van der Waals surface area contributed by atoms with E-state index in [2.05, 4.69) is 15.9 Å². The van der Waals surface area contributed by atoms with Crippen molar-refractivity contribution in [2.75, 3.05) is 0 Å². The Morgan fingerprint density at radius 3 is 2.59 bits per heavy atom. The number of carbonyl (C=O) groups is 1. The zero-order chi connectivity index (χ0) is 13.2. The first kappa shape index (κ1) is 14.1. The van der Waals surface area contributed by atoms with Gasteiger partial charge in [0, 0.05) is 4.47 Å². The number of carboxylic acids is 1. The van der Waals surface area contributed by atoms with Crippen LogP contribution in [0.5, 0.6) is 0 Å². The summed E-state index contributed by atoms with van der Waals surface area (Å²) < 4.78 is 38.3. The fourth-order valence-corrected chi connectivity index (χ4v) is 3.29. The fraction of sp³-hybridized carbons (Fsp3) is 0.222. The number of hydrogen-bond acceptors (Lipinski definition) is 3. The van der Waals surface area contributed by atoms with Gasteiger partial charge >= 0.3 is 5.97 Å². The van der Waals surface area contributed by atoms with E-state index in [1.165, 1.54) is 6.92 Å². The molecule has 0 saturated carbocycles. The molecule has 94 valence electrons. The minimum Gasteiger partial charge on any atom is -0.480 e. The summed E-state index contributed by atoms with van der Waals surface area (Å²) in [6, 6.07) is 1.75. The van der Waals surface area contributed by atoms with Crippen LogP contribution < -0.4 is 4.72 Å².